The van der Waals surface area contributed by atoms with E-state index in [0.717, 1.165) is 0 Å². The van der Waals surface area contributed by atoms with Crippen LogP contribution < -0.4 is 21.2 Å². The summed E-state index contributed by atoms with van der Waals surface area (Å²) in [5.41, 5.74) is 7.76. The lowest BCUT2D eigenvalue weighted by molar-refractivity contribution is -0.136. The second kappa shape index (κ2) is 9.56. The fourth-order valence-corrected chi connectivity index (χ4v) is 2.22. The summed E-state index contributed by atoms with van der Waals surface area (Å²) in [5.74, 6) is -2.33. The van der Waals surface area contributed by atoms with Crippen LogP contribution in [0.15, 0.2) is 47.6 Å². The maximum atomic E-state index is 11.9. The van der Waals surface area contributed by atoms with Gasteiger partial charge in [0.15, 0.2) is 6.61 Å². The van der Waals surface area contributed by atoms with Crippen molar-refractivity contribution in [1.29, 1.82) is 0 Å². The van der Waals surface area contributed by atoms with Crippen molar-refractivity contribution in [2.45, 2.75) is 0 Å². The van der Waals surface area contributed by atoms with Crippen LogP contribution in [0.4, 0.5) is 5.69 Å². The zero-order valence-electron chi connectivity index (χ0n) is 13.7. The van der Waals surface area contributed by atoms with Crippen LogP contribution in [0, 0.1) is 0 Å². The molecule has 2 aromatic rings. The van der Waals surface area contributed by atoms with E-state index in [0.29, 0.717) is 16.3 Å². The molecule has 140 valence electrons. The Morgan fingerprint density at radius 2 is 1.85 bits per heavy atom. The van der Waals surface area contributed by atoms with E-state index < -0.39 is 17.7 Å². The summed E-state index contributed by atoms with van der Waals surface area (Å²) in [6, 6.07) is 11.0. The molecule has 0 bridgehead atoms. The highest BCUT2D eigenvalue weighted by atomic mass is 35.5. The van der Waals surface area contributed by atoms with Crippen LogP contribution in [-0.2, 0) is 14.4 Å². The van der Waals surface area contributed by atoms with E-state index in [1.165, 1.54) is 18.3 Å². The second-order valence-electron chi connectivity index (χ2n) is 5.07. The highest BCUT2D eigenvalue weighted by molar-refractivity contribution is 6.41. The van der Waals surface area contributed by atoms with Crippen LogP contribution in [0.2, 0.25) is 10.0 Å². The van der Waals surface area contributed by atoms with Gasteiger partial charge in [0.05, 0.1) is 16.9 Å². The zero-order chi connectivity index (χ0) is 19.8. The minimum atomic E-state index is -1.01. The highest BCUT2D eigenvalue weighted by Crippen LogP contribution is 2.21. The van der Waals surface area contributed by atoms with Gasteiger partial charge in [-0.3, -0.25) is 14.4 Å². The van der Waals surface area contributed by atoms with Gasteiger partial charge in [0.1, 0.15) is 5.75 Å². The largest absolute Gasteiger partial charge is 0.483 e. The summed E-state index contributed by atoms with van der Waals surface area (Å²) in [7, 11) is 0. The molecule has 0 aliphatic rings. The van der Waals surface area contributed by atoms with E-state index in [-0.39, 0.29) is 17.4 Å². The van der Waals surface area contributed by atoms with Crippen LogP contribution in [0.3, 0.4) is 0 Å². The van der Waals surface area contributed by atoms with Gasteiger partial charge >= 0.3 is 11.8 Å². The van der Waals surface area contributed by atoms with Crippen molar-refractivity contribution in [2.24, 2.45) is 10.8 Å². The molecule has 3 amide bonds. The monoisotopic (exact) mass is 408 g/mol. The first-order valence-corrected chi connectivity index (χ1v) is 8.22. The Morgan fingerprint density at radius 3 is 2.56 bits per heavy atom. The van der Waals surface area contributed by atoms with Crippen molar-refractivity contribution in [3.8, 4) is 5.75 Å². The molecule has 0 saturated heterocycles. The fraction of sp³-hybridized carbons (Fsp3) is 0.0588. The molecule has 27 heavy (non-hydrogen) atoms. The van der Waals surface area contributed by atoms with E-state index in [1.807, 2.05) is 0 Å². The summed E-state index contributed by atoms with van der Waals surface area (Å²) in [4.78, 5) is 34.5. The topological polar surface area (TPSA) is 123 Å². The summed E-state index contributed by atoms with van der Waals surface area (Å²) in [6.07, 6.45) is 1.21. The third-order valence-electron chi connectivity index (χ3n) is 3.04. The molecule has 0 aliphatic carbocycles. The van der Waals surface area contributed by atoms with Crippen molar-refractivity contribution < 1.29 is 19.1 Å². The Balaban J connectivity index is 2.00. The van der Waals surface area contributed by atoms with E-state index in [2.05, 4.69) is 15.8 Å². The van der Waals surface area contributed by atoms with Gasteiger partial charge in [-0.05, 0) is 30.3 Å². The number of anilines is 1. The van der Waals surface area contributed by atoms with Gasteiger partial charge < -0.3 is 15.8 Å². The van der Waals surface area contributed by atoms with Crippen LogP contribution in [0.5, 0.6) is 5.75 Å². The quantitative estimate of drug-likeness (QED) is 0.383. The van der Waals surface area contributed by atoms with Gasteiger partial charge in [0.25, 0.3) is 5.91 Å². The average molecular weight is 409 g/mol. The Hall–Kier alpha value is -3.10. The first-order chi connectivity index (χ1) is 12.9. The van der Waals surface area contributed by atoms with Gasteiger partial charge in [0, 0.05) is 10.6 Å². The summed E-state index contributed by atoms with van der Waals surface area (Å²) >= 11 is 11.8. The molecule has 0 saturated carbocycles. The number of benzene rings is 2. The summed E-state index contributed by atoms with van der Waals surface area (Å²) in [5, 5.41) is 6.71. The summed E-state index contributed by atoms with van der Waals surface area (Å²) < 4.78 is 5.22. The number of hydrogen-bond donors (Lipinski definition) is 3. The van der Waals surface area contributed by atoms with Crippen LogP contribution in [-0.4, -0.2) is 30.5 Å². The number of carbonyl (C=O) groups is 3. The molecule has 8 nitrogen and oxygen atoms in total. The number of nitrogens with one attached hydrogen (secondary N) is 2. The molecule has 0 atom stereocenters. The second-order valence-corrected chi connectivity index (χ2v) is 5.91. The van der Waals surface area contributed by atoms with Crippen molar-refractivity contribution in [3.63, 3.8) is 0 Å². The van der Waals surface area contributed by atoms with Gasteiger partial charge in [-0.2, -0.15) is 5.10 Å². The molecule has 2 rings (SSSR count). The third-order valence-corrected chi connectivity index (χ3v) is 3.60. The number of halogens is 2. The lowest BCUT2D eigenvalue weighted by atomic mass is 10.2. The average Bonchev–Trinajstić information content (AvgIpc) is 2.62. The number of hydrazone groups is 1. The lowest BCUT2D eigenvalue weighted by Crippen LogP contribution is -2.32. The Bertz CT molecular complexity index is 902. The van der Waals surface area contributed by atoms with Crippen LogP contribution >= 0.6 is 23.2 Å². The predicted octanol–water partition coefficient (Wildman–Crippen LogP) is 1.95. The summed E-state index contributed by atoms with van der Waals surface area (Å²) in [6.45, 7) is -0.338. The Kier molecular flexibility index (Phi) is 7.16. The molecule has 0 aromatic heterocycles. The van der Waals surface area contributed by atoms with Crippen molar-refractivity contribution in [1.82, 2.24) is 5.43 Å². The molecule has 0 unspecified atom stereocenters. The third kappa shape index (κ3) is 6.28. The first-order valence-electron chi connectivity index (χ1n) is 7.46. The van der Waals surface area contributed by atoms with E-state index in [4.69, 9.17) is 33.7 Å². The molecular weight excluding hydrogens is 395 g/mol. The number of nitrogens with zero attached hydrogens (tertiary/aromatic N) is 1. The van der Waals surface area contributed by atoms with Gasteiger partial charge in [-0.15, -0.1) is 0 Å². The normalized spacial score (nSPS) is 10.4. The maximum Gasteiger partial charge on any atom is 0.329 e. The van der Waals surface area contributed by atoms with E-state index >= 15 is 0 Å². The number of carbonyl (C=O) groups excluding carboxylic acids is 3. The molecule has 0 heterocycles. The van der Waals surface area contributed by atoms with Crippen molar-refractivity contribution >= 4 is 52.8 Å². The molecule has 10 heteroatoms. The number of hydrogen-bond acceptors (Lipinski definition) is 5. The minimum Gasteiger partial charge on any atom is -0.483 e. The minimum absolute atomic E-state index is 0.275. The molecule has 0 fully saturated rings. The van der Waals surface area contributed by atoms with Gasteiger partial charge in [-0.1, -0.05) is 35.3 Å². The predicted molar refractivity (Wildman–Crippen MR) is 102 cm³/mol. The molecule has 0 radical (unpaired) electrons. The number of nitrogens with two attached hydrogens (primary N) is 1. The van der Waals surface area contributed by atoms with E-state index in [9.17, 15) is 14.4 Å². The van der Waals surface area contributed by atoms with Crippen LogP contribution in [0.25, 0.3) is 0 Å². The first kappa shape index (κ1) is 20.2. The fourth-order valence-electron chi connectivity index (χ4n) is 1.85. The standard InChI is InChI=1S/C17H14Cl2N4O4/c18-11-5-6-14(27-9-15(20)24)10(7-11)8-21-23-17(26)16(25)22-13-4-2-1-3-12(13)19/h1-8H,9H2,(H2,20,24)(H,22,25)(H,23,26)/b21-8-. The van der Waals surface area contributed by atoms with E-state index in [1.54, 1.807) is 30.3 Å². The van der Waals surface area contributed by atoms with Crippen molar-refractivity contribution in [2.75, 3.05) is 11.9 Å². The van der Waals surface area contributed by atoms with Crippen molar-refractivity contribution in [3.05, 3.63) is 58.1 Å². The maximum absolute atomic E-state index is 11.9. The van der Waals surface area contributed by atoms with Crippen LogP contribution in [0.1, 0.15) is 5.56 Å². The van der Waals surface area contributed by atoms with Gasteiger partial charge in [-0.25, -0.2) is 5.43 Å². The highest BCUT2D eigenvalue weighted by Gasteiger charge is 2.14. The number of para-hydroxylation sites is 1. The number of primary amides is 1. The smallest absolute Gasteiger partial charge is 0.329 e. The molecule has 0 aliphatic heterocycles. The molecule has 2 aromatic carbocycles. The zero-order valence-corrected chi connectivity index (χ0v) is 15.3. The number of amides is 3. The Labute approximate surface area is 164 Å². The number of ether oxygens (including phenoxy) is 1. The Morgan fingerprint density at radius 1 is 1.11 bits per heavy atom. The number of rotatable bonds is 6. The molecule has 0 spiro atoms. The van der Waals surface area contributed by atoms with Gasteiger partial charge in [0.2, 0.25) is 0 Å². The molecule has 4 N–H and O–H groups in total. The molecular formula is C17H14Cl2N4O4. The SMILES string of the molecule is NC(=O)COc1ccc(Cl)cc1/C=N\NC(=O)C(=O)Nc1ccccc1Cl. The lowest BCUT2D eigenvalue weighted by Gasteiger charge is -2.08.